The van der Waals surface area contributed by atoms with E-state index in [9.17, 15) is 4.79 Å². The fourth-order valence-electron chi connectivity index (χ4n) is 5.29. The van der Waals surface area contributed by atoms with Gasteiger partial charge in [-0.15, -0.1) is 0 Å². The Morgan fingerprint density at radius 2 is 1.92 bits per heavy atom. The van der Waals surface area contributed by atoms with Gasteiger partial charge in [0.25, 0.3) is 0 Å². The summed E-state index contributed by atoms with van der Waals surface area (Å²) in [6.07, 6.45) is 10.4. The van der Waals surface area contributed by atoms with Crippen molar-refractivity contribution in [2.45, 2.75) is 69.6 Å². The molecule has 0 aromatic carbocycles. The van der Waals surface area contributed by atoms with Gasteiger partial charge in [-0.25, -0.2) is 4.99 Å². The van der Waals surface area contributed by atoms with Crippen molar-refractivity contribution in [1.82, 2.24) is 15.5 Å². The number of guanidine groups is 1. The Labute approximate surface area is 150 Å². The van der Waals surface area contributed by atoms with Crippen LogP contribution in [0.25, 0.3) is 0 Å². The first-order chi connectivity index (χ1) is 12.1. The molecule has 3 atom stereocenters. The molecule has 3 saturated carbocycles. The van der Waals surface area contributed by atoms with E-state index in [1.54, 1.807) is 19.0 Å². The molecule has 6 nitrogen and oxygen atoms in total. The number of hydrogen-bond acceptors (Lipinski definition) is 3. The van der Waals surface area contributed by atoms with Crippen LogP contribution < -0.4 is 10.6 Å². The second-order valence-corrected chi connectivity index (χ2v) is 8.53. The molecule has 1 aliphatic heterocycles. The Morgan fingerprint density at radius 3 is 2.56 bits per heavy atom. The maximum absolute atomic E-state index is 12.0. The van der Waals surface area contributed by atoms with Gasteiger partial charge in [0.2, 0.25) is 5.91 Å². The maximum Gasteiger partial charge on any atom is 0.243 e. The minimum absolute atomic E-state index is 0.0431. The average Bonchev–Trinajstić information content (AvgIpc) is 3.18. The van der Waals surface area contributed by atoms with E-state index < -0.39 is 0 Å². The molecule has 4 aliphatic rings. The first kappa shape index (κ1) is 17.1. The second kappa shape index (κ2) is 6.78. The Kier molecular flexibility index (Phi) is 4.65. The van der Waals surface area contributed by atoms with Crippen LogP contribution in [0.2, 0.25) is 0 Å². The van der Waals surface area contributed by atoms with Gasteiger partial charge in [-0.3, -0.25) is 4.79 Å². The number of amides is 1. The molecule has 0 bridgehead atoms. The van der Waals surface area contributed by atoms with Crippen molar-refractivity contribution in [3.05, 3.63) is 0 Å². The van der Waals surface area contributed by atoms with Crippen molar-refractivity contribution >= 4 is 11.9 Å². The number of rotatable bonds is 4. The lowest BCUT2D eigenvalue weighted by Crippen LogP contribution is -2.72. The lowest BCUT2D eigenvalue weighted by atomic mass is 9.46. The van der Waals surface area contributed by atoms with E-state index in [-0.39, 0.29) is 12.5 Å². The van der Waals surface area contributed by atoms with E-state index in [2.05, 4.69) is 15.6 Å². The van der Waals surface area contributed by atoms with Crippen molar-refractivity contribution in [1.29, 1.82) is 0 Å². The standard InChI is InChI=1S/C19H32N4O2/c1-23(2)15(24)12-20-18(21-13-6-3-4-7-13)22-16-14-8-11-25-17(14)19(16)9-5-10-19/h13-14,16-17H,3-12H2,1-2H3,(H2,20,21,22). The van der Waals surface area contributed by atoms with Crippen LogP contribution in [0.3, 0.4) is 0 Å². The zero-order valence-corrected chi connectivity index (χ0v) is 15.6. The number of aliphatic imine (C=N–C) groups is 1. The van der Waals surface area contributed by atoms with Crippen LogP contribution in [0.1, 0.15) is 51.4 Å². The zero-order valence-electron chi connectivity index (χ0n) is 15.6. The summed E-state index contributed by atoms with van der Waals surface area (Å²) in [5, 5.41) is 7.33. The van der Waals surface area contributed by atoms with E-state index in [0.717, 1.165) is 19.0 Å². The van der Waals surface area contributed by atoms with E-state index in [4.69, 9.17) is 4.74 Å². The molecule has 0 aromatic rings. The van der Waals surface area contributed by atoms with Crippen LogP contribution in [0.5, 0.6) is 0 Å². The third kappa shape index (κ3) is 3.03. The van der Waals surface area contributed by atoms with Gasteiger partial charge >= 0.3 is 0 Å². The molecule has 3 unspecified atom stereocenters. The number of ether oxygens (including phenoxy) is 1. The number of hydrogen-bond donors (Lipinski definition) is 2. The molecule has 4 rings (SSSR count). The minimum atomic E-state index is 0.0431. The minimum Gasteiger partial charge on any atom is -0.377 e. The lowest BCUT2D eigenvalue weighted by molar-refractivity contribution is -0.171. The van der Waals surface area contributed by atoms with Gasteiger partial charge in [-0.2, -0.15) is 0 Å². The summed E-state index contributed by atoms with van der Waals surface area (Å²) < 4.78 is 6.02. The average molecular weight is 348 g/mol. The molecule has 0 radical (unpaired) electrons. The fourth-order valence-corrected chi connectivity index (χ4v) is 5.29. The van der Waals surface area contributed by atoms with Gasteiger partial charge in [-0.1, -0.05) is 19.3 Å². The molecule has 4 fully saturated rings. The van der Waals surface area contributed by atoms with Crippen molar-refractivity contribution in [2.75, 3.05) is 27.2 Å². The van der Waals surface area contributed by atoms with Crippen molar-refractivity contribution in [3.8, 4) is 0 Å². The van der Waals surface area contributed by atoms with Gasteiger partial charge in [0, 0.05) is 44.1 Å². The fraction of sp³-hybridized carbons (Fsp3) is 0.895. The predicted octanol–water partition coefficient (Wildman–Crippen LogP) is 1.51. The summed E-state index contributed by atoms with van der Waals surface area (Å²) in [5.41, 5.74) is 0.324. The van der Waals surface area contributed by atoms with Crippen LogP contribution in [0.4, 0.5) is 0 Å². The summed E-state index contributed by atoms with van der Waals surface area (Å²) in [4.78, 5) is 18.2. The number of carbonyl (C=O) groups excluding carboxylic acids is 1. The largest absolute Gasteiger partial charge is 0.377 e. The lowest BCUT2D eigenvalue weighted by Gasteiger charge is -2.63. The summed E-state index contributed by atoms with van der Waals surface area (Å²) in [5.74, 6) is 1.49. The highest BCUT2D eigenvalue weighted by Crippen LogP contribution is 2.62. The Bertz CT molecular complexity index is 538. The molecule has 1 heterocycles. The van der Waals surface area contributed by atoms with E-state index in [1.165, 1.54) is 44.9 Å². The van der Waals surface area contributed by atoms with Crippen LogP contribution in [-0.4, -0.2) is 62.2 Å². The van der Waals surface area contributed by atoms with Crippen molar-refractivity contribution < 1.29 is 9.53 Å². The van der Waals surface area contributed by atoms with E-state index in [0.29, 0.717) is 29.5 Å². The normalized spacial score (nSPS) is 33.5. The van der Waals surface area contributed by atoms with E-state index in [1.807, 2.05) is 0 Å². The van der Waals surface area contributed by atoms with Crippen LogP contribution in [0, 0.1) is 11.3 Å². The summed E-state index contributed by atoms with van der Waals surface area (Å²) in [6.45, 7) is 1.11. The monoisotopic (exact) mass is 348 g/mol. The molecular formula is C19H32N4O2. The topological polar surface area (TPSA) is 66.0 Å². The van der Waals surface area contributed by atoms with Gasteiger partial charge in [-0.05, 0) is 32.1 Å². The van der Waals surface area contributed by atoms with Crippen LogP contribution >= 0.6 is 0 Å². The molecule has 25 heavy (non-hydrogen) atoms. The Morgan fingerprint density at radius 1 is 1.16 bits per heavy atom. The zero-order chi connectivity index (χ0) is 17.4. The quantitative estimate of drug-likeness (QED) is 0.597. The predicted molar refractivity (Wildman–Crippen MR) is 97.4 cm³/mol. The molecule has 140 valence electrons. The van der Waals surface area contributed by atoms with Crippen LogP contribution in [0.15, 0.2) is 4.99 Å². The van der Waals surface area contributed by atoms with E-state index >= 15 is 0 Å². The molecule has 6 heteroatoms. The Balaban J connectivity index is 1.45. The van der Waals surface area contributed by atoms with Crippen molar-refractivity contribution in [3.63, 3.8) is 0 Å². The number of nitrogens with zero attached hydrogens (tertiary/aromatic N) is 2. The molecule has 1 saturated heterocycles. The smallest absolute Gasteiger partial charge is 0.243 e. The first-order valence-corrected chi connectivity index (χ1v) is 9.99. The van der Waals surface area contributed by atoms with Crippen molar-refractivity contribution in [2.24, 2.45) is 16.3 Å². The second-order valence-electron chi connectivity index (χ2n) is 8.53. The Hall–Kier alpha value is -1.30. The summed E-state index contributed by atoms with van der Waals surface area (Å²) >= 11 is 0. The highest BCUT2D eigenvalue weighted by atomic mass is 16.5. The number of carbonyl (C=O) groups is 1. The molecule has 1 spiro atoms. The number of fused-ring (bicyclic) bond motifs is 2. The van der Waals surface area contributed by atoms with Gasteiger partial charge in [0.05, 0.1) is 6.10 Å². The summed E-state index contributed by atoms with van der Waals surface area (Å²) in [6, 6.07) is 0.949. The highest BCUT2D eigenvalue weighted by molar-refractivity contribution is 5.85. The van der Waals surface area contributed by atoms with Gasteiger partial charge in [0.15, 0.2) is 5.96 Å². The SMILES string of the molecule is CN(C)C(=O)CN=C(NC1CCCC1)NC1C2CCOC2C12CCC2. The molecule has 0 aromatic heterocycles. The van der Waals surface area contributed by atoms with Gasteiger partial charge < -0.3 is 20.3 Å². The highest BCUT2D eigenvalue weighted by Gasteiger charge is 2.66. The number of likely N-dealkylation sites (N-methyl/N-ethyl adjacent to an activating group) is 1. The number of nitrogens with one attached hydrogen (secondary N) is 2. The molecule has 2 N–H and O–H groups in total. The summed E-state index contributed by atoms with van der Waals surface area (Å²) in [7, 11) is 3.57. The van der Waals surface area contributed by atoms with Crippen LogP contribution in [-0.2, 0) is 9.53 Å². The third-order valence-electron chi connectivity index (χ3n) is 6.90. The molecule has 1 amide bonds. The first-order valence-electron chi connectivity index (χ1n) is 9.99. The molecular weight excluding hydrogens is 316 g/mol. The van der Waals surface area contributed by atoms with Gasteiger partial charge in [0.1, 0.15) is 6.54 Å². The third-order valence-corrected chi connectivity index (χ3v) is 6.90. The maximum atomic E-state index is 12.0. The molecule has 3 aliphatic carbocycles.